The average molecular weight is 458 g/mol. The molecule has 0 fully saturated rings. The lowest BCUT2D eigenvalue weighted by molar-refractivity contribution is 0.0285. The van der Waals surface area contributed by atoms with Crippen LogP contribution in [0.5, 0.6) is 0 Å². The monoisotopic (exact) mass is 458 g/mol. The zero-order valence-electron chi connectivity index (χ0n) is 18.7. The van der Waals surface area contributed by atoms with Gasteiger partial charge in [0.05, 0.1) is 11.3 Å². The molecule has 3 rings (SSSR count). The first-order valence-electron chi connectivity index (χ1n) is 10.1. The van der Waals surface area contributed by atoms with E-state index in [0.717, 1.165) is 22.4 Å². The molecular weight excluding hydrogens is 434 g/mol. The van der Waals surface area contributed by atoms with E-state index < -0.39 is 41.3 Å². The molecule has 3 aromatic rings. The van der Waals surface area contributed by atoms with Crippen LogP contribution in [0.25, 0.3) is 5.69 Å². The van der Waals surface area contributed by atoms with Gasteiger partial charge in [-0.3, -0.25) is 4.79 Å². The Morgan fingerprint density at radius 1 is 1.09 bits per heavy atom. The Labute approximate surface area is 189 Å². The molecule has 2 aromatic carbocycles. The van der Waals surface area contributed by atoms with E-state index in [1.54, 1.807) is 52.1 Å². The lowest BCUT2D eigenvalue weighted by Crippen LogP contribution is -2.33. The van der Waals surface area contributed by atoms with Crippen molar-refractivity contribution >= 4 is 11.9 Å². The molecule has 0 saturated carbocycles. The van der Waals surface area contributed by atoms with Gasteiger partial charge in [0.2, 0.25) is 0 Å². The van der Waals surface area contributed by atoms with Gasteiger partial charge in [-0.15, -0.1) is 0 Å². The molecule has 0 bridgehead atoms. The van der Waals surface area contributed by atoms with Gasteiger partial charge in [0.15, 0.2) is 5.78 Å². The lowest BCUT2D eigenvalue weighted by Gasteiger charge is -2.24. The highest BCUT2D eigenvalue weighted by atomic mass is 19.1. The number of hydrogen-bond donors (Lipinski definition) is 0. The van der Waals surface area contributed by atoms with E-state index in [1.165, 1.54) is 15.8 Å². The van der Waals surface area contributed by atoms with Crippen molar-refractivity contribution in [1.29, 1.82) is 0 Å². The van der Waals surface area contributed by atoms with Gasteiger partial charge < -0.3 is 9.64 Å². The first-order valence-corrected chi connectivity index (χ1v) is 10.1. The number of nitrogens with zero attached hydrogens (tertiary/aromatic N) is 4. The first-order chi connectivity index (χ1) is 15.4. The molecule has 0 atom stereocenters. The lowest BCUT2D eigenvalue weighted by atomic mass is 10.1. The molecule has 0 aliphatic heterocycles. The van der Waals surface area contributed by atoms with Crippen LogP contribution < -0.4 is 5.69 Å². The summed E-state index contributed by atoms with van der Waals surface area (Å²) in [6, 6.07) is 9.45. The smallest absolute Gasteiger partial charge is 0.410 e. The summed E-state index contributed by atoms with van der Waals surface area (Å²) in [7, 11) is 1.62. The Kier molecular flexibility index (Phi) is 6.75. The first kappa shape index (κ1) is 23.8. The highest BCUT2D eigenvalue weighted by Crippen LogP contribution is 2.14. The fourth-order valence-corrected chi connectivity index (χ4v) is 3.00. The quantitative estimate of drug-likeness (QED) is 0.527. The molecule has 33 heavy (non-hydrogen) atoms. The van der Waals surface area contributed by atoms with Gasteiger partial charge in [-0.25, -0.2) is 27.6 Å². The SMILES string of the molecule is CN(Cc1ccc(-n2cnn(CC(=O)c3ccc(F)cc3F)c2=O)cc1)C(=O)OC(C)(C)C. The number of amides is 1. The largest absolute Gasteiger partial charge is 0.444 e. The van der Waals surface area contributed by atoms with E-state index in [4.69, 9.17) is 4.74 Å². The number of carbonyl (C=O) groups excluding carboxylic acids is 2. The number of ether oxygens (including phenoxy) is 1. The minimum absolute atomic E-state index is 0.307. The van der Waals surface area contributed by atoms with E-state index in [-0.39, 0.29) is 5.56 Å². The van der Waals surface area contributed by atoms with Crippen molar-refractivity contribution in [3.8, 4) is 5.69 Å². The number of carbonyl (C=O) groups is 2. The summed E-state index contributed by atoms with van der Waals surface area (Å²) in [6.45, 7) is 5.17. The molecule has 0 aliphatic carbocycles. The Morgan fingerprint density at radius 3 is 2.36 bits per heavy atom. The number of ketones is 1. The molecule has 1 aromatic heterocycles. The Bertz CT molecular complexity index is 1230. The minimum Gasteiger partial charge on any atom is -0.444 e. The van der Waals surface area contributed by atoms with Crippen LogP contribution in [0, 0.1) is 11.6 Å². The standard InChI is InChI=1S/C23H24F2N4O4/c1-23(2,3)33-22(32)27(4)12-15-5-8-17(9-6-15)28-14-26-29(21(28)31)13-20(30)18-10-7-16(24)11-19(18)25/h5-11,14H,12-13H2,1-4H3. The number of Topliss-reactive ketones (excluding diaryl/α,β-unsaturated/α-hetero) is 1. The molecule has 174 valence electrons. The van der Waals surface area contributed by atoms with Crippen molar-refractivity contribution in [2.45, 2.75) is 39.5 Å². The summed E-state index contributed by atoms with van der Waals surface area (Å²) < 4.78 is 34.3. The van der Waals surface area contributed by atoms with Crippen molar-refractivity contribution in [2.24, 2.45) is 0 Å². The number of rotatable bonds is 6. The molecule has 10 heteroatoms. The van der Waals surface area contributed by atoms with E-state index in [9.17, 15) is 23.2 Å². The highest BCUT2D eigenvalue weighted by Gasteiger charge is 2.20. The third-order valence-corrected chi connectivity index (χ3v) is 4.60. The highest BCUT2D eigenvalue weighted by molar-refractivity contribution is 5.96. The van der Waals surface area contributed by atoms with E-state index in [0.29, 0.717) is 18.3 Å². The van der Waals surface area contributed by atoms with Gasteiger partial charge >= 0.3 is 11.8 Å². The van der Waals surface area contributed by atoms with Gasteiger partial charge in [-0.05, 0) is 50.6 Å². The van der Waals surface area contributed by atoms with Gasteiger partial charge in [-0.1, -0.05) is 12.1 Å². The van der Waals surface area contributed by atoms with Crippen LogP contribution in [0.2, 0.25) is 0 Å². The third kappa shape index (κ3) is 5.91. The van der Waals surface area contributed by atoms with Gasteiger partial charge in [0, 0.05) is 19.7 Å². The van der Waals surface area contributed by atoms with Crippen molar-refractivity contribution in [1.82, 2.24) is 19.2 Å². The number of aromatic nitrogens is 3. The number of hydrogen-bond acceptors (Lipinski definition) is 5. The van der Waals surface area contributed by atoms with Crippen LogP contribution in [0.4, 0.5) is 13.6 Å². The Balaban J connectivity index is 1.70. The molecular formula is C23H24F2N4O4. The second-order valence-electron chi connectivity index (χ2n) is 8.49. The normalized spacial score (nSPS) is 11.3. The predicted molar refractivity (Wildman–Crippen MR) is 116 cm³/mol. The number of halogens is 2. The summed E-state index contributed by atoms with van der Waals surface area (Å²) in [6.07, 6.45) is 0.796. The molecule has 1 heterocycles. The third-order valence-electron chi connectivity index (χ3n) is 4.60. The van der Waals surface area contributed by atoms with Crippen LogP contribution in [-0.4, -0.2) is 43.8 Å². The van der Waals surface area contributed by atoms with Crippen molar-refractivity contribution in [3.05, 3.63) is 82.0 Å². The molecule has 0 unspecified atom stereocenters. The molecule has 0 spiro atoms. The maximum absolute atomic E-state index is 13.8. The van der Waals surface area contributed by atoms with E-state index >= 15 is 0 Å². The van der Waals surface area contributed by atoms with Gasteiger partial charge in [0.25, 0.3) is 0 Å². The Hall–Kier alpha value is -3.82. The maximum atomic E-state index is 13.8. The Morgan fingerprint density at radius 2 is 1.76 bits per heavy atom. The van der Waals surface area contributed by atoms with Crippen LogP contribution in [0.1, 0.15) is 36.7 Å². The maximum Gasteiger partial charge on any atom is 0.410 e. The average Bonchev–Trinajstić information content (AvgIpc) is 3.07. The van der Waals surface area contributed by atoms with Gasteiger partial charge in [-0.2, -0.15) is 5.10 Å². The summed E-state index contributed by atoms with van der Waals surface area (Å²) >= 11 is 0. The molecule has 1 amide bonds. The van der Waals surface area contributed by atoms with Crippen molar-refractivity contribution in [2.75, 3.05) is 7.05 Å². The molecule has 0 N–H and O–H groups in total. The minimum atomic E-state index is -1.00. The van der Waals surface area contributed by atoms with Crippen LogP contribution >= 0.6 is 0 Å². The summed E-state index contributed by atoms with van der Waals surface area (Å²) in [5, 5.41) is 3.91. The summed E-state index contributed by atoms with van der Waals surface area (Å²) in [4.78, 5) is 38.5. The molecule has 0 radical (unpaired) electrons. The van der Waals surface area contributed by atoms with Crippen LogP contribution in [0.3, 0.4) is 0 Å². The van der Waals surface area contributed by atoms with Crippen molar-refractivity contribution in [3.63, 3.8) is 0 Å². The van der Waals surface area contributed by atoms with Crippen LogP contribution in [0.15, 0.2) is 53.6 Å². The fourth-order valence-electron chi connectivity index (χ4n) is 3.00. The van der Waals surface area contributed by atoms with Gasteiger partial charge in [0.1, 0.15) is 30.1 Å². The fraction of sp³-hybridized carbons (Fsp3) is 0.304. The molecule has 0 aliphatic rings. The topological polar surface area (TPSA) is 86.4 Å². The van der Waals surface area contributed by atoms with Crippen LogP contribution in [-0.2, 0) is 17.8 Å². The molecule has 8 nitrogen and oxygen atoms in total. The van der Waals surface area contributed by atoms with E-state index in [2.05, 4.69) is 5.10 Å². The second kappa shape index (κ2) is 9.35. The summed E-state index contributed by atoms with van der Waals surface area (Å²) in [5.74, 6) is -2.51. The summed E-state index contributed by atoms with van der Waals surface area (Å²) in [5.41, 5.74) is -0.203. The van der Waals surface area contributed by atoms with E-state index in [1.807, 2.05) is 0 Å². The zero-order chi connectivity index (χ0) is 24.3. The zero-order valence-corrected chi connectivity index (χ0v) is 18.7. The predicted octanol–water partition coefficient (Wildman–Crippen LogP) is 3.56. The number of benzene rings is 2. The van der Waals surface area contributed by atoms with Crippen molar-refractivity contribution < 1.29 is 23.1 Å². The second-order valence-corrected chi connectivity index (χ2v) is 8.49. The molecule has 0 saturated heterocycles.